The van der Waals surface area contributed by atoms with Gasteiger partial charge in [-0.1, -0.05) is 6.92 Å². The van der Waals surface area contributed by atoms with Crippen LogP contribution in [0, 0.1) is 0 Å². The van der Waals surface area contributed by atoms with E-state index in [4.69, 9.17) is 5.11 Å². The molecule has 0 aliphatic carbocycles. The minimum absolute atomic E-state index is 0.105. The average Bonchev–Trinajstić information content (AvgIpc) is 2.58. The zero-order valence-corrected chi connectivity index (χ0v) is 8.81. The lowest BCUT2D eigenvalue weighted by atomic mass is 10.3. The van der Waals surface area contributed by atoms with E-state index in [0.717, 1.165) is 31.0 Å². The lowest BCUT2D eigenvalue weighted by molar-refractivity contribution is -0.138. The molecule has 0 amide bonds. The molecule has 0 saturated heterocycles. The van der Waals surface area contributed by atoms with E-state index in [1.165, 1.54) is 0 Å². The molecule has 2 rings (SSSR count). The van der Waals surface area contributed by atoms with Crippen molar-refractivity contribution in [1.82, 2.24) is 14.5 Å². The van der Waals surface area contributed by atoms with Crippen molar-refractivity contribution in [2.45, 2.75) is 26.4 Å². The Balaban J connectivity index is 2.08. The average molecular weight is 209 g/mol. The van der Waals surface area contributed by atoms with Gasteiger partial charge < -0.3 is 9.67 Å². The number of aliphatic carboxylic acids is 1. The normalized spacial score (nSPS) is 16.3. The minimum atomic E-state index is -0.772. The number of fused-ring (bicyclic) bond motifs is 1. The highest BCUT2D eigenvalue weighted by molar-refractivity contribution is 5.69. The van der Waals surface area contributed by atoms with Crippen molar-refractivity contribution in [2.24, 2.45) is 0 Å². The Morgan fingerprint density at radius 1 is 1.60 bits per heavy atom. The maximum atomic E-state index is 10.6. The van der Waals surface area contributed by atoms with Crippen LogP contribution in [0.2, 0.25) is 0 Å². The molecular formula is C10H15N3O2. The quantitative estimate of drug-likeness (QED) is 0.780. The lowest BCUT2D eigenvalue weighted by Crippen LogP contribution is -2.37. The van der Waals surface area contributed by atoms with Crippen LogP contribution in [0.3, 0.4) is 0 Å². The third-order valence-electron chi connectivity index (χ3n) is 2.65. The van der Waals surface area contributed by atoms with Crippen molar-refractivity contribution in [1.29, 1.82) is 0 Å². The molecule has 0 radical (unpaired) electrons. The fraction of sp³-hybridized carbons (Fsp3) is 0.600. The molecule has 0 atom stereocenters. The maximum absolute atomic E-state index is 10.6. The summed E-state index contributed by atoms with van der Waals surface area (Å²) in [6.07, 6.45) is 2.99. The number of aromatic nitrogens is 2. The molecule has 0 saturated carbocycles. The number of hydrogen-bond donors (Lipinski definition) is 1. The first-order valence-corrected chi connectivity index (χ1v) is 5.18. The van der Waals surface area contributed by atoms with Gasteiger partial charge in [0.2, 0.25) is 0 Å². The second kappa shape index (κ2) is 4.02. The molecule has 0 fully saturated rings. The van der Waals surface area contributed by atoms with Crippen molar-refractivity contribution in [3.8, 4) is 0 Å². The fourth-order valence-electron chi connectivity index (χ4n) is 1.86. The molecule has 15 heavy (non-hydrogen) atoms. The Morgan fingerprint density at radius 3 is 3.07 bits per heavy atom. The van der Waals surface area contributed by atoms with E-state index < -0.39 is 5.97 Å². The third kappa shape index (κ3) is 2.18. The Bertz CT molecular complexity index is 373. The van der Waals surface area contributed by atoms with Crippen LogP contribution >= 0.6 is 0 Å². The molecule has 5 heteroatoms. The molecule has 0 bridgehead atoms. The molecule has 2 heterocycles. The molecule has 1 aliphatic rings. The number of nitrogens with zero attached hydrogens (tertiary/aromatic N) is 3. The Kier molecular flexibility index (Phi) is 2.73. The fourth-order valence-corrected chi connectivity index (χ4v) is 1.86. The van der Waals surface area contributed by atoms with Crippen LogP contribution in [0.15, 0.2) is 6.20 Å². The van der Waals surface area contributed by atoms with Crippen LogP contribution in [0.5, 0.6) is 0 Å². The van der Waals surface area contributed by atoms with Gasteiger partial charge in [0.05, 0.1) is 18.8 Å². The number of carboxylic acid groups (broad SMARTS) is 1. The van der Waals surface area contributed by atoms with E-state index in [9.17, 15) is 4.79 Å². The molecule has 0 aromatic carbocycles. The number of aryl methyl sites for hydroxylation is 1. The predicted molar refractivity (Wildman–Crippen MR) is 54.5 cm³/mol. The molecule has 1 N–H and O–H groups in total. The molecule has 5 nitrogen and oxygen atoms in total. The number of carbonyl (C=O) groups is 1. The van der Waals surface area contributed by atoms with E-state index in [0.29, 0.717) is 6.54 Å². The first-order chi connectivity index (χ1) is 7.19. The summed E-state index contributed by atoms with van der Waals surface area (Å²) in [4.78, 5) is 16.9. The Morgan fingerprint density at radius 2 is 2.40 bits per heavy atom. The van der Waals surface area contributed by atoms with Crippen LogP contribution in [0.25, 0.3) is 0 Å². The monoisotopic (exact) mass is 209 g/mol. The standard InChI is InChI=1S/C10H15N3O2/c1-2-8-5-13-4-3-12(7-10(14)15)6-9(13)11-8/h5H,2-4,6-7H2,1H3,(H,14,15). The highest BCUT2D eigenvalue weighted by atomic mass is 16.4. The molecule has 1 aromatic heterocycles. The van der Waals surface area contributed by atoms with Crippen LogP contribution < -0.4 is 0 Å². The molecule has 82 valence electrons. The SMILES string of the molecule is CCc1cn2c(n1)CN(CC(=O)O)CC2. The summed E-state index contributed by atoms with van der Waals surface area (Å²) in [5, 5.41) is 8.70. The van der Waals surface area contributed by atoms with E-state index in [1.807, 2.05) is 4.90 Å². The highest BCUT2D eigenvalue weighted by Crippen LogP contribution is 2.12. The number of hydrogen-bond acceptors (Lipinski definition) is 3. The second-order valence-corrected chi connectivity index (χ2v) is 3.80. The van der Waals surface area contributed by atoms with Crippen molar-refractivity contribution in [3.63, 3.8) is 0 Å². The van der Waals surface area contributed by atoms with Gasteiger partial charge in [-0.25, -0.2) is 4.98 Å². The maximum Gasteiger partial charge on any atom is 0.317 e. The van der Waals surface area contributed by atoms with Gasteiger partial charge in [-0.2, -0.15) is 0 Å². The largest absolute Gasteiger partial charge is 0.480 e. The van der Waals surface area contributed by atoms with Gasteiger partial charge in [-0.05, 0) is 6.42 Å². The zero-order valence-electron chi connectivity index (χ0n) is 8.81. The first-order valence-electron chi connectivity index (χ1n) is 5.18. The van der Waals surface area contributed by atoms with Crippen molar-refractivity contribution < 1.29 is 9.90 Å². The van der Waals surface area contributed by atoms with Crippen LogP contribution in [-0.4, -0.2) is 38.6 Å². The number of rotatable bonds is 3. The summed E-state index contributed by atoms with van der Waals surface area (Å²) in [7, 11) is 0. The van der Waals surface area contributed by atoms with Crippen LogP contribution in [0.4, 0.5) is 0 Å². The molecule has 1 aromatic rings. The summed E-state index contributed by atoms with van der Waals surface area (Å²) in [6, 6.07) is 0. The first kappa shape index (κ1) is 10.2. The summed E-state index contributed by atoms with van der Waals surface area (Å²) < 4.78 is 2.12. The van der Waals surface area contributed by atoms with E-state index >= 15 is 0 Å². The van der Waals surface area contributed by atoms with Gasteiger partial charge in [-0.15, -0.1) is 0 Å². The Hall–Kier alpha value is -1.36. The van der Waals surface area contributed by atoms with Crippen LogP contribution in [0.1, 0.15) is 18.4 Å². The van der Waals surface area contributed by atoms with Crippen molar-refractivity contribution >= 4 is 5.97 Å². The molecule has 0 unspecified atom stereocenters. The van der Waals surface area contributed by atoms with E-state index in [1.54, 1.807) is 0 Å². The zero-order chi connectivity index (χ0) is 10.8. The molecule has 0 spiro atoms. The summed E-state index contributed by atoms with van der Waals surface area (Å²) in [5.74, 6) is 0.213. The second-order valence-electron chi connectivity index (χ2n) is 3.80. The predicted octanol–water partition coefficient (Wildman–Crippen LogP) is 0.346. The minimum Gasteiger partial charge on any atom is -0.480 e. The molecule has 1 aliphatic heterocycles. The van der Waals surface area contributed by atoms with E-state index in [-0.39, 0.29) is 6.54 Å². The smallest absolute Gasteiger partial charge is 0.317 e. The van der Waals surface area contributed by atoms with Gasteiger partial charge >= 0.3 is 5.97 Å². The highest BCUT2D eigenvalue weighted by Gasteiger charge is 2.19. The summed E-state index contributed by atoms with van der Waals surface area (Å²) in [5.41, 5.74) is 1.09. The third-order valence-corrected chi connectivity index (χ3v) is 2.65. The van der Waals surface area contributed by atoms with Gasteiger partial charge in [-0.3, -0.25) is 9.69 Å². The van der Waals surface area contributed by atoms with Gasteiger partial charge in [0.1, 0.15) is 5.82 Å². The topological polar surface area (TPSA) is 58.4 Å². The van der Waals surface area contributed by atoms with Gasteiger partial charge in [0, 0.05) is 19.3 Å². The number of carboxylic acids is 1. The van der Waals surface area contributed by atoms with Gasteiger partial charge in [0.15, 0.2) is 0 Å². The summed E-state index contributed by atoms with van der Waals surface area (Å²) in [6.45, 7) is 4.46. The molecular weight excluding hydrogens is 194 g/mol. The summed E-state index contributed by atoms with van der Waals surface area (Å²) >= 11 is 0. The Labute approximate surface area is 88.3 Å². The lowest BCUT2D eigenvalue weighted by Gasteiger charge is -2.25. The van der Waals surface area contributed by atoms with Crippen molar-refractivity contribution in [3.05, 3.63) is 17.7 Å². The van der Waals surface area contributed by atoms with Crippen molar-refractivity contribution in [2.75, 3.05) is 13.1 Å². The van der Waals surface area contributed by atoms with Crippen LogP contribution in [-0.2, 0) is 24.3 Å². The van der Waals surface area contributed by atoms with Gasteiger partial charge in [0.25, 0.3) is 0 Å². The van der Waals surface area contributed by atoms with E-state index in [2.05, 4.69) is 22.7 Å². The number of imidazole rings is 1.